The van der Waals surface area contributed by atoms with Gasteiger partial charge in [0.1, 0.15) is 5.82 Å². The minimum atomic E-state index is -0.343. The van der Waals surface area contributed by atoms with Crippen molar-refractivity contribution in [1.29, 1.82) is 0 Å². The Labute approximate surface area is 120 Å². The molecule has 0 aromatic heterocycles. The van der Waals surface area contributed by atoms with E-state index in [4.69, 9.17) is 11.6 Å². The molecule has 1 aliphatic carbocycles. The topological polar surface area (TPSA) is 12.0 Å². The van der Waals surface area contributed by atoms with Crippen LogP contribution in [-0.2, 0) is 6.54 Å². The summed E-state index contributed by atoms with van der Waals surface area (Å²) in [6.07, 6.45) is 7.96. The largest absolute Gasteiger partial charge is 0.310 e. The summed E-state index contributed by atoms with van der Waals surface area (Å²) in [5, 5.41) is 3.83. The van der Waals surface area contributed by atoms with Gasteiger partial charge in [0.2, 0.25) is 0 Å². The van der Waals surface area contributed by atoms with Crippen LogP contribution in [0.4, 0.5) is 4.39 Å². The van der Waals surface area contributed by atoms with Crippen molar-refractivity contribution in [3.05, 3.63) is 34.6 Å². The summed E-state index contributed by atoms with van der Waals surface area (Å²) in [7, 11) is 0. The summed E-state index contributed by atoms with van der Waals surface area (Å²) in [6, 6.07) is 5.55. The Balaban J connectivity index is 1.89. The summed E-state index contributed by atoms with van der Waals surface area (Å²) in [5.41, 5.74) is 1.06. The van der Waals surface area contributed by atoms with Crippen molar-refractivity contribution in [2.45, 2.75) is 58.0 Å². The molecule has 1 aromatic carbocycles. The Bertz CT molecular complexity index is 402. The van der Waals surface area contributed by atoms with Crippen molar-refractivity contribution in [2.75, 3.05) is 0 Å². The van der Waals surface area contributed by atoms with Gasteiger partial charge in [-0.3, -0.25) is 0 Å². The minimum absolute atomic E-state index is 0.213. The second-order valence-electron chi connectivity index (χ2n) is 5.54. The van der Waals surface area contributed by atoms with E-state index < -0.39 is 0 Å². The molecule has 2 rings (SSSR count). The van der Waals surface area contributed by atoms with Crippen molar-refractivity contribution < 1.29 is 4.39 Å². The van der Waals surface area contributed by atoms with Gasteiger partial charge in [-0.05, 0) is 42.9 Å². The van der Waals surface area contributed by atoms with E-state index >= 15 is 0 Å². The van der Waals surface area contributed by atoms with Crippen molar-refractivity contribution in [2.24, 2.45) is 5.92 Å². The van der Waals surface area contributed by atoms with Gasteiger partial charge in [0.15, 0.2) is 0 Å². The fraction of sp³-hybridized carbons (Fsp3) is 0.625. The van der Waals surface area contributed by atoms with E-state index in [2.05, 4.69) is 12.2 Å². The molecule has 19 heavy (non-hydrogen) atoms. The third kappa shape index (κ3) is 4.19. The number of rotatable bonds is 5. The molecular weight excluding hydrogens is 261 g/mol. The molecule has 0 spiro atoms. The average molecular weight is 284 g/mol. The monoisotopic (exact) mass is 283 g/mol. The zero-order valence-corrected chi connectivity index (χ0v) is 12.3. The van der Waals surface area contributed by atoms with Crippen LogP contribution in [0.25, 0.3) is 0 Å². The molecule has 1 fully saturated rings. The van der Waals surface area contributed by atoms with E-state index in [1.165, 1.54) is 38.2 Å². The molecule has 106 valence electrons. The Morgan fingerprint density at radius 2 is 2.05 bits per heavy atom. The third-order valence-electron chi connectivity index (χ3n) is 4.21. The predicted octanol–water partition coefficient (Wildman–Crippen LogP) is 4.93. The van der Waals surface area contributed by atoms with Gasteiger partial charge in [-0.25, -0.2) is 4.39 Å². The normalized spacial score (nSPS) is 18.5. The van der Waals surface area contributed by atoms with Gasteiger partial charge in [0.05, 0.1) is 5.02 Å². The first-order valence-corrected chi connectivity index (χ1v) is 7.75. The molecule has 1 nitrogen and oxygen atoms in total. The fourth-order valence-corrected chi connectivity index (χ4v) is 3.28. The van der Waals surface area contributed by atoms with Crippen LogP contribution in [0.3, 0.4) is 0 Å². The molecule has 1 atom stereocenters. The van der Waals surface area contributed by atoms with Crippen molar-refractivity contribution in [3.63, 3.8) is 0 Å². The molecule has 1 saturated carbocycles. The van der Waals surface area contributed by atoms with Crippen molar-refractivity contribution in [3.8, 4) is 0 Å². The maximum absolute atomic E-state index is 13.1. The Kier molecular flexibility index (Phi) is 5.65. The maximum atomic E-state index is 13.1. The molecule has 0 heterocycles. The summed E-state index contributed by atoms with van der Waals surface area (Å²) < 4.78 is 13.1. The minimum Gasteiger partial charge on any atom is -0.310 e. The van der Waals surface area contributed by atoms with Gasteiger partial charge in [0, 0.05) is 12.6 Å². The number of nitrogens with one attached hydrogen (secondary N) is 1. The average Bonchev–Trinajstić information content (AvgIpc) is 2.44. The van der Waals surface area contributed by atoms with E-state index in [1.54, 1.807) is 6.07 Å². The van der Waals surface area contributed by atoms with E-state index in [-0.39, 0.29) is 10.8 Å². The highest BCUT2D eigenvalue weighted by molar-refractivity contribution is 6.30. The summed E-state index contributed by atoms with van der Waals surface area (Å²) in [4.78, 5) is 0. The zero-order chi connectivity index (χ0) is 13.7. The van der Waals surface area contributed by atoms with Gasteiger partial charge in [-0.2, -0.15) is 0 Å². The van der Waals surface area contributed by atoms with Crippen LogP contribution in [0.5, 0.6) is 0 Å². The van der Waals surface area contributed by atoms with E-state index in [0.29, 0.717) is 6.04 Å². The molecule has 0 saturated heterocycles. The lowest BCUT2D eigenvalue weighted by Crippen LogP contribution is -2.36. The first-order chi connectivity index (χ1) is 9.20. The van der Waals surface area contributed by atoms with Crippen LogP contribution in [0.1, 0.15) is 51.0 Å². The smallest absolute Gasteiger partial charge is 0.141 e. The molecule has 1 unspecified atom stereocenters. The van der Waals surface area contributed by atoms with Gasteiger partial charge in [-0.1, -0.05) is 43.9 Å². The maximum Gasteiger partial charge on any atom is 0.141 e. The Morgan fingerprint density at radius 3 is 2.68 bits per heavy atom. The number of benzene rings is 1. The molecule has 3 heteroatoms. The first-order valence-electron chi connectivity index (χ1n) is 7.38. The molecule has 1 N–H and O–H groups in total. The van der Waals surface area contributed by atoms with Gasteiger partial charge in [0.25, 0.3) is 0 Å². The molecule has 0 aliphatic heterocycles. The second-order valence-corrected chi connectivity index (χ2v) is 5.95. The van der Waals surface area contributed by atoms with E-state index in [1.807, 2.05) is 6.07 Å². The van der Waals surface area contributed by atoms with Gasteiger partial charge < -0.3 is 5.32 Å². The van der Waals surface area contributed by atoms with Crippen molar-refractivity contribution in [1.82, 2.24) is 5.32 Å². The molecule has 0 amide bonds. The van der Waals surface area contributed by atoms with Gasteiger partial charge in [-0.15, -0.1) is 0 Å². The highest BCUT2D eigenvalue weighted by atomic mass is 35.5. The number of hydrogen-bond donors (Lipinski definition) is 1. The molecule has 0 bridgehead atoms. The summed E-state index contributed by atoms with van der Waals surface area (Å²) in [6.45, 7) is 3.01. The lowest BCUT2D eigenvalue weighted by Gasteiger charge is -2.30. The van der Waals surface area contributed by atoms with Crippen LogP contribution in [0.15, 0.2) is 18.2 Å². The Morgan fingerprint density at radius 1 is 1.32 bits per heavy atom. The SMILES string of the molecule is CCC(NCc1ccc(F)c(Cl)c1)C1CCCCC1. The number of hydrogen-bond acceptors (Lipinski definition) is 1. The molecule has 1 aromatic rings. The molecular formula is C16H23ClFN. The lowest BCUT2D eigenvalue weighted by molar-refractivity contribution is 0.261. The highest BCUT2D eigenvalue weighted by Crippen LogP contribution is 2.28. The lowest BCUT2D eigenvalue weighted by atomic mass is 9.83. The molecule has 1 aliphatic rings. The molecule has 0 radical (unpaired) electrons. The standard InChI is InChI=1S/C16H23ClFN/c1-2-16(13-6-4-3-5-7-13)19-11-12-8-9-15(18)14(17)10-12/h8-10,13,16,19H,2-7,11H2,1H3. The van der Waals surface area contributed by atoms with E-state index in [9.17, 15) is 4.39 Å². The van der Waals surface area contributed by atoms with Crippen LogP contribution in [-0.4, -0.2) is 6.04 Å². The fourth-order valence-electron chi connectivity index (χ4n) is 3.08. The van der Waals surface area contributed by atoms with Gasteiger partial charge >= 0.3 is 0 Å². The highest BCUT2D eigenvalue weighted by Gasteiger charge is 2.21. The predicted molar refractivity (Wildman–Crippen MR) is 78.9 cm³/mol. The Hall–Kier alpha value is -0.600. The van der Waals surface area contributed by atoms with Crippen LogP contribution < -0.4 is 5.32 Å². The summed E-state index contributed by atoms with van der Waals surface area (Å²) >= 11 is 5.81. The summed E-state index contributed by atoms with van der Waals surface area (Å²) in [5.74, 6) is 0.458. The first kappa shape index (κ1) is 14.8. The van der Waals surface area contributed by atoms with Crippen molar-refractivity contribution >= 4 is 11.6 Å². The number of halogens is 2. The quantitative estimate of drug-likeness (QED) is 0.808. The van der Waals surface area contributed by atoms with E-state index in [0.717, 1.165) is 24.4 Å². The third-order valence-corrected chi connectivity index (χ3v) is 4.50. The zero-order valence-electron chi connectivity index (χ0n) is 11.6. The van der Waals surface area contributed by atoms with Crippen LogP contribution in [0.2, 0.25) is 5.02 Å². The van der Waals surface area contributed by atoms with Crippen LogP contribution in [0, 0.1) is 11.7 Å². The second kappa shape index (κ2) is 7.25. The van der Waals surface area contributed by atoms with Crippen LogP contribution >= 0.6 is 11.6 Å².